The number of nitrogens with zero attached hydrogens (tertiary/aromatic N) is 1. The van der Waals surface area contributed by atoms with Crippen LogP contribution in [-0.2, 0) is 4.74 Å². The van der Waals surface area contributed by atoms with Crippen molar-refractivity contribution in [3.05, 3.63) is 0 Å². The van der Waals surface area contributed by atoms with Crippen molar-refractivity contribution in [2.24, 2.45) is 16.5 Å². The predicted octanol–water partition coefficient (Wildman–Crippen LogP) is -0.380. The lowest BCUT2D eigenvalue weighted by Crippen LogP contribution is -2.26. The van der Waals surface area contributed by atoms with Crippen molar-refractivity contribution < 1.29 is 4.74 Å². The minimum absolute atomic E-state index is 0.0550. The molecule has 0 unspecified atom stereocenters. The molecule has 0 atom stereocenters. The molecule has 5 N–H and O–H groups in total. The molecule has 0 aromatic heterocycles. The smallest absolute Gasteiger partial charge is 0.290 e. The zero-order valence-electron chi connectivity index (χ0n) is 6.09. The van der Waals surface area contributed by atoms with Gasteiger partial charge in [-0.3, -0.25) is 5.41 Å². The summed E-state index contributed by atoms with van der Waals surface area (Å²) in [5, 5.41) is 6.66. The first-order valence-corrected chi connectivity index (χ1v) is 2.87. The Morgan fingerprint density at radius 1 is 1.50 bits per heavy atom. The summed E-state index contributed by atoms with van der Waals surface area (Å²) < 4.78 is 4.45. The van der Waals surface area contributed by atoms with Gasteiger partial charge in [0.25, 0.3) is 12.0 Å². The molecular weight excluding hydrogens is 132 g/mol. The molecule has 0 aromatic carbocycles. The average molecular weight is 144 g/mol. The number of amidine groups is 2. The Hall–Kier alpha value is -1.26. The molecule has 0 rings (SSSR count). The van der Waals surface area contributed by atoms with Gasteiger partial charge >= 0.3 is 0 Å². The maximum atomic E-state index is 6.66. The van der Waals surface area contributed by atoms with Crippen LogP contribution in [0.3, 0.4) is 0 Å². The lowest BCUT2D eigenvalue weighted by Gasteiger charge is -2.01. The number of ether oxygens (including phenoxy) is 1. The summed E-state index contributed by atoms with van der Waals surface area (Å²) in [5.41, 5.74) is 10.1. The van der Waals surface area contributed by atoms with Gasteiger partial charge in [-0.2, -0.15) is 0 Å². The molecule has 5 heteroatoms. The number of nitrogens with two attached hydrogens (primary N) is 2. The Morgan fingerprint density at radius 3 is 2.30 bits per heavy atom. The van der Waals surface area contributed by atoms with E-state index in [0.717, 1.165) is 0 Å². The molecule has 0 radical (unpaired) electrons. The Kier molecular flexibility index (Phi) is 3.24. The minimum Gasteiger partial charge on any atom is -0.393 e. The molecule has 10 heavy (non-hydrogen) atoms. The second kappa shape index (κ2) is 3.71. The monoisotopic (exact) mass is 144 g/mol. The van der Waals surface area contributed by atoms with Crippen molar-refractivity contribution in [1.29, 1.82) is 5.41 Å². The molecule has 0 aromatic rings. The van der Waals surface area contributed by atoms with Crippen LogP contribution >= 0.6 is 0 Å². The Labute approximate surface area is 59.6 Å². The molecule has 5 nitrogen and oxygen atoms in total. The first kappa shape index (κ1) is 8.74. The third kappa shape index (κ3) is 4.89. The molecule has 0 amide bonds. The van der Waals surface area contributed by atoms with Crippen LogP contribution < -0.4 is 11.5 Å². The van der Waals surface area contributed by atoms with Crippen molar-refractivity contribution in [3.8, 4) is 0 Å². The van der Waals surface area contributed by atoms with E-state index in [0.29, 0.717) is 0 Å². The molecule has 58 valence electrons. The first-order valence-electron chi connectivity index (χ1n) is 2.87. The van der Waals surface area contributed by atoms with Gasteiger partial charge in [0.2, 0.25) is 0 Å². The highest BCUT2D eigenvalue weighted by Gasteiger charge is 1.95. The molecule has 0 fully saturated rings. The maximum Gasteiger partial charge on any atom is 0.290 e. The van der Waals surface area contributed by atoms with E-state index >= 15 is 0 Å². The van der Waals surface area contributed by atoms with Gasteiger partial charge in [-0.1, -0.05) is 0 Å². The predicted molar refractivity (Wildman–Crippen MR) is 39.8 cm³/mol. The summed E-state index contributed by atoms with van der Waals surface area (Å²) in [6.45, 7) is 3.69. The van der Waals surface area contributed by atoms with E-state index in [9.17, 15) is 0 Å². The molecule has 0 bridgehead atoms. The van der Waals surface area contributed by atoms with Crippen LogP contribution in [0.4, 0.5) is 0 Å². The van der Waals surface area contributed by atoms with Crippen molar-refractivity contribution in [2.45, 2.75) is 19.9 Å². The molecule has 0 aliphatic rings. The van der Waals surface area contributed by atoms with Crippen LogP contribution in [0, 0.1) is 5.41 Å². The lowest BCUT2D eigenvalue weighted by atomic mass is 10.4. The van der Waals surface area contributed by atoms with Crippen molar-refractivity contribution in [1.82, 2.24) is 0 Å². The molecule has 0 aliphatic carbocycles. The second-order valence-corrected chi connectivity index (χ2v) is 2.03. The third-order valence-electron chi connectivity index (χ3n) is 0.600. The number of nitrogens with one attached hydrogen (secondary N) is 1. The van der Waals surface area contributed by atoms with Crippen molar-refractivity contribution in [3.63, 3.8) is 0 Å². The normalized spacial score (nSPS) is 11.7. The molecule has 0 heterocycles. The van der Waals surface area contributed by atoms with E-state index in [4.69, 9.17) is 16.9 Å². The third-order valence-corrected chi connectivity index (χ3v) is 0.600. The largest absolute Gasteiger partial charge is 0.393 e. The standard InChI is InChI=1S/C5H12N4O/c1-3(2)9-5(8)10-4(6)7/h3H,1-2H3,(H3,6,7)(H2,8,9). The van der Waals surface area contributed by atoms with Gasteiger partial charge in [0.05, 0.1) is 0 Å². The quantitative estimate of drug-likeness (QED) is 0.345. The number of hydrogen-bond donors (Lipinski definition) is 3. The number of hydrogen-bond acceptors (Lipinski definition) is 3. The summed E-state index contributed by atoms with van der Waals surface area (Å²) in [7, 11) is 0. The van der Waals surface area contributed by atoms with Gasteiger partial charge < -0.3 is 16.2 Å². The first-order chi connectivity index (χ1) is 4.52. The average Bonchev–Trinajstić information content (AvgIpc) is 1.58. The maximum absolute atomic E-state index is 6.66. The Balaban J connectivity index is 3.82. The van der Waals surface area contributed by atoms with Gasteiger partial charge in [-0.05, 0) is 13.8 Å². The van der Waals surface area contributed by atoms with Crippen LogP contribution in [0.5, 0.6) is 0 Å². The van der Waals surface area contributed by atoms with E-state index in [2.05, 4.69) is 9.73 Å². The van der Waals surface area contributed by atoms with Gasteiger partial charge in [0, 0.05) is 6.04 Å². The van der Waals surface area contributed by atoms with E-state index in [-0.39, 0.29) is 12.1 Å². The van der Waals surface area contributed by atoms with E-state index < -0.39 is 6.02 Å². The number of rotatable bonds is 1. The fraction of sp³-hybridized carbons (Fsp3) is 0.600. The topological polar surface area (TPSA) is 97.5 Å². The van der Waals surface area contributed by atoms with Crippen LogP contribution in [0.15, 0.2) is 4.99 Å². The minimum atomic E-state index is -0.443. The van der Waals surface area contributed by atoms with Gasteiger partial charge in [0.1, 0.15) is 0 Å². The summed E-state index contributed by atoms with van der Waals surface area (Å²) in [4.78, 5) is 3.77. The van der Waals surface area contributed by atoms with Crippen molar-refractivity contribution in [2.75, 3.05) is 0 Å². The molecular formula is C5H12N4O. The second-order valence-electron chi connectivity index (χ2n) is 2.03. The summed E-state index contributed by atoms with van der Waals surface area (Å²) in [5.74, 6) is 0. The fourth-order valence-electron chi connectivity index (χ4n) is 0.393. The highest BCUT2D eigenvalue weighted by molar-refractivity contribution is 5.85. The van der Waals surface area contributed by atoms with E-state index in [1.807, 2.05) is 13.8 Å². The summed E-state index contributed by atoms with van der Waals surface area (Å²) in [6, 6.07) is -0.455. The molecule has 0 saturated carbocycles. The number of aliphatic imine (C=N–C) groups is 1. The highest BCUT2D eigenvalue weighted by Crippen LogP contribution is 1.85. The zero-order valence-corrected chi connectivity index (χ0v) is 6.09. The van der Waals surface area contributed by atoms with E-state index in [1.54, 1.807) is 0 Å². The van der Waals surface area contributed by atoms with Crippen LogP contribution in [-0.4, -0.2) is 18.1 Å². The van der Waals surface area contributed by atoms with E-state index in [1.165, 1.54) is 0 Å². The Bertz CT molecular complexity index is 152. The Morgan fingerprint density at radius 2 is 2.00 bits per heavy atom. The van der Waals surface area contributed by atoms with Crippen LogP contribution in [0.1, 0.15) is 13.8 Å². The van der Waals surface area contributed by atoms with Gasteiger partial charge in [0.15, 0.2) is 0 Å². The van der Waals surface area contributed by atoms with Gasteiger partial charge in [-0.25, -0.2) is 4.99 Å². The van der Waals surface area contributed by atoms with Crippen LogP contribution in [0.2, 0.25) is 0 Å². The molecule has 0 spiro atoms. The van der Waals surface area contributed by atoms with Crippen molar-refractivity contribution >= 4 is 12.0 Å². The summed E-state index contributed by atoms with van der Waals surface area (Å²) in [6.07, 6.45) is 0. The molecule has 0 aliphatic heterocycles. The fourth-order valence-corrected chi connectivity index (χ4v) is 0.393. The molecule has 0 saturated heterocycles. The zero-order chi connectivity index (χ0) is 8.15. The highest BCUT2D eigenvalue weighted by atomic mass is 16.5. The summed E-state index contributed by atoms with van der Waals surface area (Å²) >= 11 is 0. The van der Waals surface area contributed by atoms with Gasteiger partial charge in [-0.15, -0.1) is 0 Å². The van der Waals surface area contributed by atoms with Crippen LogP contribution in [0.25, 0.3) is 0 Å². The SMILES string of the molecule is CC(C)N=C(N)OC(=N)N. The lowest BCUT2D eigenvalue weighted by molar-refractivity contribution is 0.514.